The number of aliphatic hydroxyl groups is 1. The SMILES string of the molecule is Cc1ccc(C(O)(CC#CC#Cc2c[nH]nc2C#N)c2cc(F)cc(F)c2)c(=O)n1C. The molecule has 0 bridgehead atoms. The second-order valence-corrected chi connectivity index (χ2v) is 6.76. The number of H-pyrrole nitrogens is 1. The van der Waals surface area contributed by atoms with E-state index in [1.54, 1.807) is 13.0 Å². The summed E-state index contributed by atoms with van der Waals surface area (Å²) in [4.78, 5) is 12.8. The molecule has 0 fully saturated rings. The zero-order valence-corrected chi connectivity index (χ0v) is 16.6. The van der Waals surface area contributed by atoms with Crippen LogP contribution in [-0.4, -0.2) is 19.9 Å². The van der Waals surface area contributed by atoms with Gasteiger partial charge in [-0.25, -0.2) is 8.78 Å². The predicted octanol–water partition coefficient (Wildman–Crippen LogP) is 2.25. The van der Waals surface area contributed by atoms with Gasteiger partial charge in [0.15, 0.2) is 5.69 Å². The van der Waals surface area contributed by atoms with Crippen LogP contribution in [0.2, 0.25) is 0 Å². The average molecular weight is 418 g/mol. The van der Waals surface area contributed by atoms with Gasteiger partial charge in [-0.05, 0) is 54.5 Å². The van der Waals surface area contributed by atoms with Crippen molar-refractivity contribution >= 4 is 0 Å². The summed E-state index contributed by atoms with van der Waals surface area (Å²) < 4.78 is 29.0. The van der Waals surface area contributed by atoms with E-state index in [1.165, 1.54) is 23.9 Å². The third kappa shape index (κ3) is 4.38. The van der Waals surface area contributed by atoms with Gasteiger partial charge in [0.2, 0.25) is 0 Å². The van der Waals surface area contributed by atoms with E-state index in [1.807, 2.05) is 6.07 Å². The van der Waals surface area contributed by atoms with Gasteiger partial charge in [0.1, 0.15) is 23.3 Å². The Bertz CT molecular complexity index is 1360. The number of pyridine rings is 1. The predicted molar refractivity (Wildman–Crippen MR) is 108 cm³/mol. The Morgan fingerprint density at radius 1 is 1.23 bits per heavy atom. The number of benzene rings is 1. The number of aromatic nitrogens is 3. The molecule has 0 saturated heterocycles. The molecule has 6 nitrogen and oxygen atoms in total. The van der Waals surface area contributed by atoms with E-state index in [-0.39, 0.29) is 23.2 Å². The van der Waals surface area contributed by atoms with Gasteiger partial charge in [-0.2, -0.15) is 10.4 Å². The first kappa shape index (κ1) is 21.5. The monoisotopic (exact) mass is 418 g/mol. The van der Waals surface area contributed by atoms with Crippen molar-refractivity contribution in [1.82, 2.24) is 14.8 Å². The fourth-order valence-corrected chi connectivity index (χ4v) is 2.97. The van der Waals surface area contributed by atoms with Crippen molar-refractivity contribution < 1.29 is 13.9 Å². The van der Waals surface area contributed by atoms with Gasteiger partial charge < -0.3 is 9.67 Å². The number of aryl methyl sites for hydroxylation is 1. The molecular weight excluding hydrogens is 402 g/mol. The number of nitriles is 1. The van der Waals surface area contributed by atoms with E-state index in [0.29, 0.717) is 17.3 Å². The van der Waals surface area contributed by atoms with Crippen LogP contribution < -0.4 is 5.56 Å². The van der Waals surface area contributed by atoms with Crippen molar-refractivity contribution in [2.24, 2.45) is 7.05 Å². The Balaban J connectivity index is 2.06. The van der Waals surface area contributed by atoms with Crippen molar-refractivity contribution in [3.8, 4) is 29.8 Å². The van der Waals surface area contributed by atoms with Crippen LogP contribution in [0.15, 0.2) is 41.3 Å². The Morgan fingerprint density at radius 2 is 1.94 bits per heavy atom. The van der Waals surface area contributed by atoms with Crippen molar-refractivity contribution in [1.29, 1.82) is 5.26 Å². The molecule has 3 rings (SSSR count). The molecule has 1 aromatic carbocycles. The molecule has 2 aromatic heterocycles. The normalized spacial score (nSPS) is 12.0. The first-order valence-corrected chi connectivity index (χ1v) is 9.05. The lowest BCUT2D eigenvalue weighted by molar-refractivity contribution is 0.0837. The van der Waals surface area contributed by atoms with Gasteiger partial charge in [-0.3, -0.25) is 9.89 Å². The van der Waals surface area contributed by atoms with Crippen molar-refractivity contribution in [3.05, 3.63) is 86.6 Å². The van der Waals surface area contributed by atoms with Gasteiger partial charge in [0.25, 0.3) is 5.56 Å². The van der Waals surface area contributed by atoms with E-state index in [4.69, 9.17) is 5.26 Å². The van der Waals surface area contributed by atoms with Crippen LogP contribution >= 0.6 is 0 Å². The summed E-state index contributed by atoms with van der Waals surface area (Å²) in [5.74, 6) is 8.56. The second-order valence-electron chi connectivity index (χ2n) is 6.76. The summed E-state index contributed by atoms with van der Waals surface area (Å²) in [7, 11) is 1.53. The summed E-state index contributed by atoms with van der Waals surface area (Å²) in [6.07, 6.45) is 1.09. The van der Waals surface area contributed by atoms with Crippen LogP contribution in [0.25, 0.3) is 0 Å². The molecule has 8 heteroatoms. The molecule has 31 heavy (non-hydrogen) atoms. The molecule has 3 aromatic rings. The molecule has 0 radical (unpaired) electrons. The zero-order valence-electron chi connectivity index (χ0n) is 16.6. The van der Waals surface area contributed by atoms with Crippen molar-refractivity contribution in [3.63, 3.8) is 0 Å². The highest BCUT2D eigenvalue weighted by Crippen LogP contribution is 2.32. The van der Waals surface area contributed by atoms with Crippen LogP contribution in [0.3, 0.4) is 0 Å². The molecule has 2 N–H and O–H groups in total. The first-order chi connectivity index (χ1) is 14.8. The number of nitrogens with one attached hydrogen (secondary N) is 1. The van der Waals surface area contributed by atoms with E-state index in [9.17, 15) is 18.7 Å². The topological polar surface area (TPSA) is 94.7 Å². The smallest absolute Gasteiger partial charge is 0.256 e. The highest BCUT2D eigenvalue weighted by molar-refractivity contribution is 5.46. The first-order valence-electron chi connectivity index (χ1n) is 9.05. The summed E-state index contributed by atoms with van der Waals surface area (Å²) in [5, 5.41) is 26.5. The van der Waals surface area contributed by atoms with Gasteiger partial charge >= 0.3 is 0 Å². The molecule has 154 valence electrons. The Labute approximate surface area is 176 Å². The molecule has 2 heterocycles. The minimum Gasteiger partial charge on any atom is -0.379 e. The molecule has 0 amide bonds. The van der Waals surface area contributed by atoms with E-state index < -0.39 is 22.8 Å². The Hall–Kier alpha value is -4.19. The standard InChI is InChI=1S/C23H16F2N4O2/c1-15-7-8-20(22(30)29(15)2)23(31,17-10-18(24)12-19(25)11-17)9-5-3-4-6-16-14-27-28-21(16)13-26/h7-8,10-12,14,31H,9H2,1-2H3,(H,27,28). The average Bonchev–Trinajstić information content (AvgIpc) is 3.18. The van der Waals surface area contributed by atoms with Crippen molar-refractivity contribution in [2.45, 2.75) is 18.9 Å². The lowest BCUT2D eigenvalue weighted by Gasteiger charge is -2.27. The molecule has 0 saturated carbocycles. The number of halogens is 2. The quantitative estimate of drug-likeness (QED) is 0.638. The van der Waals surface area contributed by atoms with Gasteiger partial charge in [0.05, 0.1) is 11.1 Å². The van der Waals surface area contributed by atoms with Crippen molar-refractivity contribution in [2.75, 3.05) is 0 Å². The fourth-order valence-electron chi connectivity index (χ4n) is 2.97. The van der Waals surface area contributed by atoms with Crippen LogP contribution in [-0.2, 0) is 12.6 Å². The van der Waals surface area contributed by atoms with Crippen LogP contribution in [0.5, 0.6) is 0 Å². The largest absolute Gasteiger partial charge is 0.379 e. The number of rotatable bonds is 3. The molecule has 0 aliphatic heterocycles. The molecule has 0 aliphatic rings. The maximum Gasteiger partial charge on any atom is 0.256 e. The summed E-state index contributed by atoms with van der Waals surface area (Å²) >= 11 is 0. The third-order valence-electron chi connectivity index (χ3n) is 4.78. The van der Waals surface area contributed by atoms with Gasteiger partial charge in [0, 0.05) is 31.4 Å². The van der Waals surface area contributed by atoms with E-state index in [0.717, 1.165) is 12.1 Å². The van der Waals surface area contributed by atoms with E-state index in [2.05, 4.69) is 33.9 Å². The molecule has 0 aliphatic carbocycles. The summed E-state index contributed by atoms with van der Waals surface area (Å²) in [6, 6.07) is 7.49. The highest BCUT2D eigenvalue weighted by Gasteiger charge is 2.35. The molecule has 1 unspecified atom stereocenters. The Kier molecular flexibility index (Phi) is 6.02. The number of hydrogen-bond acceptors (Lipinski definition) is 4. The fraction of sp³-hybridized carbons (Fsp3) is 0.174. The Morgan fingerprint density at radius 3 is 2.61 bits per heavy atom. The maximum absolute atomic E-state index is 13.9. The highest BCUT2D eigenvalue weighted by atomic mass is 19.1. The molecular formula is C23H16F2N4O2. The van der Waals surface area contributed by atoms with E-state index >= 15 is 0 Å². The minimum atomic E-state index is -2.08. The molecule has 1 atom stereocenters. The lowest BCUT2D eigenvalue weighted by Crippen LogP contribution is -2.36. The maximum atomic E-state index is 13.9. The minimum absolute atomic E-state index is 0.0746. The number of aromatic amines is 1. The lowest BCUT2D eigenvalue weighted by atomic mass is 9.84. The number of nitrogens with zero attached hydrogens (tertiary/aromatic N) is 3. The summed E-state index contributed by atoms with van der Waals surface area (Å²) in [5.41, 5.74) is -1.70. The van der Waals surface area contributed by atoms with Gasteiger partial charge in [-0.1, -0.05) is 5.92 Å². The number of hydrogen-bond donors (Lipinski definition) is 2. The van der Waals surface area contributed by atoms with Crippen LogP contribution in [0.4, 0.5) is 8.78 Å². The third-order valence-corrected chi connectivity index (χ3v) is 4.78. The zero-order chi connectivity index (χ0) is 22.6. The van der Waals surface area contributed by atoms with Gasteiger partial charge in [-0.15, -0.1) is 0 Å². The van der Waals surface area contributed by atoms with Crippen LogP contribution in [0, 0.1) is 53.6 Å². The van der Waals surface area contributed by atoms with Crippen LogP contribution in [0.1, 0.15) is 34.5 Å². The second kappa shape index (κ2) is 8.67. The summed E-state index contributed by atoms with van der Waals surface area (Å²) in [6.45, 7) is 1.72. The molecule has 0 spiro atoms.